The summed E-state index contributed by atoms with van der Waals surface area (Å²) < 4.78 is 0. The van der Waals surface area contributed by atoms with Crippen molar-refractivity contribution in [1.82, 2.24) is 25.6 Å². The molecular formula is C24H24N6O2S2. The molecule has 10 heteroatoms. The minimum absolute atomic E-state index is 0.298. The van der Waals surface area contributed by atoms with Crippen molar-refractivity contribution in [3.8, 4) is 10.6 Å². The van der Waals surface area contributed by atoms with E-state index in [4.69, 9.17) is 4.98 Å². The van der Waals surface area contributed by atoms with Crippen molar-refractivity contribution in [3.63, 3.8) is 0 Å². The molecule has 1 saturated heterocycles. The second-order valence-corrected chi connectivity index (χ2v) is 10.2. The third-order valence-electron chi connectivity index (χ3n) is 5.81. The Bertz CT molecular complexity index is 1210. The van der Waals surface area contributed by atoms with Crippen molar-refractivity contribution in [3.05, 3.63) is 64.3 Å². The Kier molecular flexibility index (Phi) is 6.98. The smallest absolute Gasteiger partial charge is 0.290 e. The van der Waals surface area contributed by atoms with E-state index in [1.165, 1.54) is 4.88 Å². The lowest BCUT2D eigenvalue weighted by Crippen LogP contribution is -2.37. The molecule has 0 bridgehead atoms. The summed E-state index contributed by atoms with van der Waals surface area (Å²) in [5, 5.41) is 11.0. The van der Waals surface area contributed by atoms with Gasteiger partial charge in [-0.1, -0.05) is 12.1 Å². The molecule has 2 amide bonds. The predicted molar refractivity (Wildman–Crippen MR) is 135 cm³/mol. The van der Waals surface area contributed by atoms with Crippen LogP contribution in [0.25, 0.3) is 16.6 Å². The summed E-state index contributed by atoms with van der Waals surface area (Å²) in [7, 11) is 0. The molecule has 0 spiro atoms. The molecule has 3 aromatic rings. The largest absolute Gasteiger partial charge is 0.351 e. The number of carbonyl (C=O) groups is 2. The first-order chi connectivity index (χ1) is 16.6. The molecule has 3 aromatic heterocycles. The third kappa shape index (κ3) is 5.69. The molecule has 0 unspecified atom stereocenters. The number of nitrogens with one attached hydrogen (secondary N) is 3. The molecule has 1 saturated carbocycles. The van der Waals surface area contributed by atoms with Crippen LogP contribution in [0.2, 0.25) is 0 Å². The van der Waals surface area contributed by atoms with Crippen molar-refractivity contribution in [2.75, 3.05) is 5.32 Å². The number of thiophene rings is 1. The van der Waals surface area contributed by atoms with Crippen molar-refractivity contribution in [2.24, 2.45) is 0 Å². The number of anilines is 1. The van der Waals surface area contributed by atoms with E-state index in [-0.39, 0.29) is 11.1 Å². The van der Waals surface area contributed by atoms with Gasteiger partial charge in [0.25, 0.3) is 11.1 Å². The number of thioether (sulfide) groups is 1. The van der Waals surface area contributed by atoms with Gasteiger partial charge in [0.05, 0.1) is 26.9 Å². The van der Waals surface area contributed by atoms with Crippen LogP contribution in [0.5, 0.6) is 0 Å². The Morgan fingerprint density at radius 1 is 1.03 bits per heavy atom. The molecule has 1 aliphatic heterocycles. The first kappa shape index (κ1) is 22.7. The fourth-order valence-corrected chi connectivity index (χ4v) is 5.45. The van der Waals surface area contributed by atoms with Crippen molar-refractivity contribution in [2.45, 2.75) is 44.3 Å². The molecule has 2 aliphatic rings. The number of rotatable bonds is 7. The molecule has 174 valence electrons. The number of hydrogen-bond acceptors (Lipinski definition) is 9. The molecule has 1 aliphatic carbocycles. The fraction of sp³-hybridized carbons (Fsp3) is 0.292. The van der Waals surface area contributed by atoms with Crippen LogP contribution in [0.1, 0.15) is 37.1 Å². The highest BCUT2D eigenvalue weighted by atomic mass is 32.2. The van der Waals surface area contributed by atoms with Gasteiger partial charge in [0.2, 0.25) is 5.95 Å². The second kappa shape index (κ2) is 10.5. The van der Waals surface area contributed by atoms with Gasteiger partial charge in [-0.15, -0.1) is 11.3 Å². The Morgan fingerprint density at radius 3 is 2.65 bits per heavy atom. The number of aromatic nitrogens is 3. The lowest BCUT2D eigenvalue weighted by molar-refractivity contribution is -0.115. The van der Waals surface area contributed by atoms with Crippen molar-refractivity contribution < 1.29 is 9.59 Å². The maximum absolute atomic E-state index is 11.7. The molecule has 3 N–H and O–H groups in total. The maximum Gasteiger partial charge on any atom is 0.290 e. The van der Waals surface area contributed by atoms with E-state index < -0.39 is 0 Å². The van der Waals surface area contributed by atoms with Gasteiger partial charge >= 0.3 is 0 Å². The summed E-state index contributed by atoms with van der Waals surface area (Å²) in [5.41, 5.74) is 2.68. The highest BCUT2D eigenvalue weighted by Crippen LogP contribution is 2.26. The number of pyridine rings is 1. The van der Waals surface area contributed by atoms with Gasteiger partial charge in [-0.25, -0.2) is 9.97 Å². The zero-order chi connectivity index (χ0) is 23.3. The Morgan fingerprint density at radius 2 is 1.88 bits per heavy atom. The van der Waals surface area contributed by atoms with Crippen molar-refractivity contribution >= 4 is 46.3 Å². The quantitative estimate of drug-likeness (QED) is 0.416. The van der Waals surface area contributed by atoms with E-state index in [9.17, 15) is 9.59 Å². The summed E-state index contributed by atoms with van der Waals surface area (Å²) >= 11 is 2.59. The predicted octanol–water partition coefficient (Wildman–Crippen LogP) is 4.44. The van der Waals surface area contributed by atoms with Gasteiger partial charge in [-0.3, -0.25) is 19.9 Å². The fourth-order valence-electron chi connectivity index (χ4n) is 4.09. The third-order valence-corrected chi connectivity index (χ3v) is 7.51. The monoisotopic (exact) mass is 492 g/mol. The van der Waals surface area contributed by atoms with Crippen LogP contribution in [-0.4, -0.2) is 38.2 Å². The highest BCUT2D eigenvalue weighted by molar-refractivity contribution is 8.18. The molecule has 8 nitrogen and oxygen atoms in total. The molecule has 4 heterocycles. The molecule has 34 heavy (non-hydrogen) atoms. The van der Waals surface area contributed by atoms with Crippen LogP contribution in [-0.2, 0) is 11.3 Å². The van der Waals surface area contributed by atoms with E-state index >= 15 is 0 Å². The number of nitrogens with zero attached hydrogens (tertiary/aromatic N) is 3. The topological polar surface area (TPSA) is 109 Å². The molecule has 0 atom stereocenters. The van der Waals surface area contributed by atoms with E-state index in [1.807, 2.05) is 6.07 Å². The van der Waals surface area contributed by atoms with Crippen LogP contribution < -0.4 is 16.0 Å². The van der Waals surface area contributed by atoms with E-state index in [0.717, 1.165) is 55.4 Å². The summed E-state index contributed by atoms with van der Waals surface area (Å²) in [5.74, 6) is 0.150. The van der Waals surface area contributed by atoms with Crippen LogP contribution in [0.3, 0.4) is 0 Å². The average Bonchev–Trinajstić information content (AvgIpc) is 3.49. The second-order valence-electron chi connectivity index (χ2n) is 8.22. The van der Waals surface area contributed by atoms with Crippen LogP contribution in [0.15, 0.2) is 52.9 Å². The Labute approximate surface area is 205 Å². The van der Waals surface area contributed by atoms with E-state index in [2.05, 4.69) is 55.6 Å². The lowest BCUT2D eigenvalue weighted by Gasteiger charge is -2.29. The van der Waals surface area contributed by atoms with Gasteiger partial charge in [0.15, 0.2) is 0 Å². The van der Waals surface area contributed by atoms with Gasteiger partial charge in [-0.05, 0) is 73.2 Å². The van der Waals surface area contributed by atoms with Crippen LogP contribution in [0.4, 0.5) is 10.7 Å². The molecule has 0 aromatic carbocycles. The van der Waals surface area contributed by atoms with Gasteiger partial charge in [0.1, 0.15) is 0 Å². The standard InChI is InChI=1S/C24H24N6O2S2/c31-22-21(34-24(32)30-22)13-17-10-11-25-23(29-17)28-16-8-6-15(7-9-16)26-14-18-3-1-4-19(27-18)20-5-2-12-33-20/h1-5,10-13,15-16,26H,6-9,14H2,(H,25,28,29)(H,30,31,32)/b21-13-. The van der Waals surface area contributed by atoms with Gasteiger partial charge in [-0.2, -0.15) is 0 Å². The maximum atomic E-state index is 11.7. The zero-order valence-corrected chi connectivity index (χ0v) is 20.0. The van der Waals surface area contributed by atoms with Crippen molar-refractivity contribution in [1.29, 1.82) is 0 Å². The molecule has 5 rings (SSSR count). The summed E-state index contributed by atoms with van der Waals surface area (Å²) in [6.45, 7) is 0.760. The lowest BCUT2D eigenvalue weighted by atomic mass is 9.91. The first-order valence-electron chi connectivity index (χ1n) is 11.2. The first-order valence-corrected chi connectivity index (χ1v) is 12.9. The number of hydrogen-bond donors (Lipinski definition) is 3. The Balaban J connectivity index is 1.11. The Hall–Kier alpha value is -3.08. The summed E-state index contributed by atoms with van der Waals surface area (Å²) in [6.07, 6.45) is 7.42. The summed E-state index contributed by atoms with van der Waals surface area (Å²) in [4.78, 5) is 38.2. The minimum atomic E-state index is -0.387. The van der Waals surface area contributed by atoms with Gasteiger partial charge < -0.3 is 10.6 Å². The molecule has 2 fully saturated rings. The average molecular weight is 493 g/mol. The number of carbonyl (C=O) groups excluding carboxylic acids is 2. The van der Waals surface area contributed by atoms with E-state index in [1.54, 1.807) is 29.7 Å². The summed E-state index contributed by atoms with van der Waals surface area (Å²) in [6, 6.07) is 12.8. The zero-order valence-electron chi connectivity index (χ0n) is 18.4. The minimum Gasteiger partial charge on any atom is -0.351 e. The SMILES string of the molecule is O=C1NC(=O)/C(=C/c2ccnc(NC3CCC(NCc4cccc(-c5cccs5)n4)CC3)n2)S1. The van der Waals surface area contributed by atoms with Crippen LogP contribution in [0, 0.1) is 0 Å². The molecular weight excluding hydrogens is 468 g/mol. The molecule has 0 radical (unpaired) electrons. The normalized spacial score (nSPS) is 21.6. The van der Waals surface area contributed by atoms with Crippen LogP contribution >= 0.6 is 23.1 Å². The highest BCUT2D eigenvalue weighted by Gasteiger charge is 2.25. The van der Waals surface area contributed by atoms with Gasteiger partial charge in [0, 0.05) is 24.8 Å². The van der Waals surface area contributed by atoms with E-state index in [0.29, 0.717) is 28.6 Å². The number of imide groups is 1. The number of amides is 2.